The number of alkyl halides is 7. The number of ether oxygens (including phenoxy) is 1. The molecule has 8 aromatic carbocycles. The lowest BCUT2D eigenvalue weighted by Gasteiger charge is -2.10. The summed E-state index contributed by atoms with van der Waals surface area (Å²) in [5.74, 6) is -2.89. The lowest BCUT2D eigenvalue weighted by atomic mass is 10.1. The lowest BCUT2D eigenvalue weighted by Crippen LogP contribution is -2.11. The van der Waals surface area contributed by atoms with Gasteiger partial charge in [-0.2, -0.15) is 9.97 Å². The maximum atomic E-state index is 14.1. The van der Waals surface area contributed by atoms with Crippen LogP contribution in [-0.2, 0) is 77.9 Å². The third kappa shape index (κ3) is 56.7. The van der Waals surface area contributed by atoms with Gasteiger partial charge in [0.25, 0.3) is 5.69 Å². The van der Waals surface area contributed by atoms with E-state index in [1.807, 2.05) is 97.1 Å². The van der Waals surface area contributed by atoms with Crippen molar-refractivity contribution in [3.8, 4) is 0 Å². The predicted molar refractivity (Wildman–Crippen MR) is 482 cm³/mol. The molecule has 0 aliphatic carbocycles. The molecule has 43 heteroatoms. The first-order valence-electron chi connectivity index (χ1n) is 37.2. The number of rotatable bonds is 28. The highest BCUT2D eigenvalue weighted by molar-refractivity contribution is 7.89. The first-order chi connectivity index (χ1) is 60.1. The Morgan fingerprint density at radius 2 is 0.748 bits per heavy atom. The van der Waals surface area contributed by atoms with E-state index in [2.05, 4.69) is 67.7 Å². The van der Waals surface area contributed by atoms with E-state index < -0.39 is 54.4 Å². The van der Waals surface area contributed by atoms with Crippen LogP contribution in [0.3, 0.4) is 0 Å². The molecule has 0 bridgehead atoms. The van der Waals surface area contributed by atoms with Crippen LogP contribution in [0.15, 0.2) is 235 Å². The Morgan fingerprint density at radius 3 is 1.06 bits per heavy atom. The van der Waals surface area contributed by atoms with E-state index in [0.717, 1.165) is 77.9 Å². The van der Waals surface area contributed by atoms with Gasteiger partial charge in [-0.25, -0.2) is 65.5 Å². The Morgan fingerprint density at radius 1 is 0.457 bits per heavy atom. The van der Waals surface area contributed by atoms with E-state index in [-0.39, 0.29) is 102 Å². The van der Waals surface area contributed by atoms with Gasteiger partial charge in [-0.05, 0) is 224 Å². The number of nitrogens with zero attached hydrogens (tertiary/aromatic N) is 7. The van der Waals surface area contributed by atoms with Crippen LogP contribution in [0, 0.1) is 27.6 Å². The van der Waals surface area contributed by atoms with Gasteiger partial charge in [-0.3, -0.25) is 46.9 Å². The van der Waals surface area contributed by atoms with Gasteiger partial charge in [-0.15, -0.1) is 28.2 Å². The van der Waals surface area contributed by atoms with E-state index in [9.17, 15) is 71.7 Å². The summed E-state index contributed by atoms with van der Waals surface area (Å²) in [5, 5.41) is 51.3. The number of aliphatic hydroxyl groups excluding tert-OH is 1. The van der Waals surface area contributed by atoms with Crippen molar-refractivity contribution in [2.45, 2.75) is 108 Å². The molecule has 28 nitrogen and oxygen atoms in total. The molecule has 0 aliphatic rings. The molecule has 3 heterocycles. The molecular weight excluding hydrogens is 1820 g/mol. The third-order valence-corrected chi connectivity index (χ3v) is 17.5. The molecule has 0 radical (unpaired) electrons. The topological polar surface area (TPSA) is 454 Å². The molecule has 0 aliphatic heterocycles. The number of aliphatic hydroxyl groups is 1. The van der Waals surface area contributed by atoms with Gasteiger partial charge < -0.3 is 37.3 Å². The van der Waals surface area contributed by atoms with Gasteiger partial charge in [0.1, 0.15) is 0 Å². The molecular formula is C84H100Cl5F8N15O13S2. The second-order valence-corrected chi connectivity index (χ2v) is 29.7. The molecule has 0 unspecified atom stereocenters. The largest absolute Gasteiger partial charge is 0.399 e. The van der Waals surface area contributed by atoms with E-state index in [0.29, 0.717) is 74.1 Å². The van der Waals surface area contributed by atoms with Crippen molar-refractivity contribution in [3.05, 3.63) is 302 Å². The second-order valence-electron chi connectivity index (χ2n) is 24.8. The minimum absolute atomic E-state index is 0. The minimum atomic E-state index is -3.79. The lowest BCUT2D eigenvalue weighted by molar-refractivity contribution is -0.384. The van der Waals surface area contributed by atoms with Crippen LogP contribution in [0.25, 0.3) is 0 Å². The van der Waals surface area contributed by atoms with Crippen LogP contribution in [0.1, 0.15) is 93.2 Å². The van der Waals surface area contributed by atoms with Crippen molar-refractivity contribution in [2.24, 2.45) is 10.3 Å². The zero-order valence-corrected chi connectivity index (χ0v) is 73.3. The Balaban J connectivity index is 0.00000144. The van der Waals surface area contributed by atoms with Crippen LogP contribution >= 0.6 is 58.0 Å². The van der Waals surface area contributed by atoms with Gasteiger partial charge in [0.05, 0.1) is 72.0 Å². The summed E-state index contributed by atoms with van der Waals surface area (Å²) >= 11 is 25.6. The van der Waals surface area contributed by atoms with Crippen molar-refractivity contribution in [3.63, 3.8) is 0 Å². The van der Waals surface area contributed by atoms with Crippen LogP contribution in [-0.4, -0.2) is 124 Å². The van der Waals surface area contributed by atoms with Crippen LogP contribution in [0.5, 0.6) is 0 Å². The van der Waals surface area contributed by atoms with Crippen molar-refractivity contribution in [1.82, 2.24) is 35.5 Å². The number of carbonyl (C=O) groups is 2. The van der Waals surface area contributed by atoms with Crippen LogP contribution in [0.4, 0.5) is 86.8 Å². The highest BCUT2D eigenvalue weighted by atomic mass is 35.5. The van der Waals surface area contributed by atoms with Crippen molar-refractivity contribution in [1.29, 1.82) is 0 Å². The Hall–Kier alpha value is -11.0. The fourth-order valence-corrected chi connectivity index (χ4v) is 10.6. The fourth-order valence-electron chi connectivity index (χ4n) is 9.17. The fraction of sp³-hybridized carbons (Fsp3) is 0.262. The first kappa shape index (κ1) is 116. The summed E-state index contributed by atoms with van der Waals surface area (Å²) in [5.41, 5.74) is 21.6. The van der Waals surface area contributed by atoms with Crippen molar-refractivity contribution < 1.29 is 91.8 Å². The molecule has 11 rings (SSSR count). The Labute approximate surface area is 756 Å². The highest BCUT2D eigenvalue weighted by Gasteiger charge is 2.13. The number of aromatic nitrogens is 6. The number of nitrogens with two attached hydrogens (primary N) is 4. The van der Waals surface area contributed by atoms with E-state index in [4.69, 9.17) is 95.3 Å². The SMILES string of the molecule is C.CC(=O)OC(C)=O.ClCCl.FCCCc1ccc(Nc2nc(Cl)ncc2F)cc1.FCCCc1ccccc1.Fc1cnc(Cl)nc1Cl.NS(=O)(=O)c1ccc(Nc2ncc(F)c(Nc3ccc(CCCF)cc3)n2)cc1.Nc1ccc(CCCF)cc1.Nc1ccc(S(N)(=O)=O)cc1.O=[N+]([O-])c1ccc(CCCF)cc1.OCCCc1ccccc1.ONOO. The highest BCUT2D eigenvalue weighted by Crippen LogP contribution is 2.24. The molecule has 0 atom stereocenters. The second kappa shape index (κ2) is 69.2. The van der Waals surface area contributed by atoms with Crippen LogP contribution < -0.4 is 43.3 Å². The minimum Gasteiger partial charge on any atom is -0.399 e. The van der Waals surface area contributed by atoms with Gasteiger partial charge in [0.15, 0.2) is 34.2 Å². The van der Waals surface area contributed by atoms with E-state index in [1.165, 1.54) is 85.6 Å². The van der Waals surface area contributed by atoms with Gasteiger partial charge in [0, 0.05) is 61.0 Å². The molecule has 0 saturated carbocycles. The quantitative estimate of drug-likeness (QED) is 0.00207. The first-order valence-corrected chi connectivity index (χ1v) is 42.5. The van der Waals surface area contributed by atoms with Gasteiger partial charge >= 0.3 is 11.9 Å². The molecule has 0 fully saturated rings. The number of esters is 2. The van der Waals surface area contributed by atoms with Crippen LogP contribution in [0.2, 0.25) is 15.7 Å². The Bertz CT molecular complexity index is 5010. The number of halogens is 13. The molecule has 3 aromatic heterocycles. The molecule has 11 aromatic rings. The number of non-ortho nitro benzene ring substituents is 1. The summed E-state index contributed by atoms with van der Waals surface area (Å²) in [6.07, 6.45) is 11.1. The zero-order valence-electron chi connectivity index (χ0n) is 67.9. The molecule has 0 saturated heterocycles. The number of primary sulfonamides is 2. The summed E-state index contributed by atoms with van der Waals surface area (Å²) in [6, 6.07) is 59.8. The van der Waals surface area contributed by atoms with Gasteiger partial charge in [0.2, 0.25) is 36.6 Å². The van der Waals surface area contributed by atoms with Crippen molar-refractivity contribution in [2.75, 3.05) is 72.7 Å². The summed E-state index contributed by atoms with van der Waals surface area (Å²) in [7, 11) is -7.36. The summed E-state index contributed by atoms with van der Waals surface area (Å²) < 4.78 is 147. The van der Waals surface area contributed by atoms with E-state index in [1.54, 1.807) is 36.4 Å². The monoisotopic (exact) mass is 1920 g/mol. The average molecular weight is 1920 g/mol. The number of nitrogens with one attached hydrogen (secondary N) is 4. The van der Waals surface area contributed by atoms with E-state index >= 15 is 0 Å². The predicted octanol–water partition coefficient (Wildman–Crippen LogP) is 19.8. The molecule has 0 spiro atoms. The molecule has 692 valence electrons. The van der Waals surface area contributed by atoms with Crippen molar-refractivity contribution >= 4 is 142 Å². The number of benzene rings is 8. The maximum Gasteiger partial charge on any atom is 0.310 e. The molecule has 15 N–H and O–H groups in total. The number of anilines is 8. The molecule has 0 amide bonds. The Kier molecular flexibility index (Phi) is 63.2. The summed E-state index contributed by atoms with van der Waals surface area (Å²) in [6.45, 7) is 1.14. The number of carbonyl (C=O) groups excluding carboxylic acids is 2. The van der Waals surface area contributed by atoms with Gasteiger partial charge in [-0.1, -0.05) is 128 Å². The number of nitro groups is 1. The summed E-state index contributed by atoms with van der Waals surface area (Å²) in [4.78, 5) is 54.3. The molecule has 127 heavy (non-hydrogen) atoms. The normalized spacial score (nSPS) is 10.0. The number of nitro benzene ring substituents is 1. The number of hydrogen-bond donors (Lipinski definition) is 11. The smallest absolute Gasteiger partial charge is 0.310 e. The average Bonchev–Trinajstić information content (AvgIpc) is 0.804. The number of hydrogen-bond acceptors (Lipinski definition) is 25. The third-order valence-electron chi connectivity index (χ3n) is 15.0. The maximum absolute atomic E-state index is 14.1. The standard InChI is InChI=1S/C19H19F2N5O2S.C13H12ClF2N3.C9H10FNO2.C9H12FN.C9H11F.C9H12O.C6H8N2O2S.C4HCl2FN2.C4H6O3.CH2Cl2.CH4.H3NO3/c20-11-1-2-13-3-5-14(6-4-13)24-18-17(21)12-23-19(26-18)25-15-7-9-16(10-8-15)29(22,27)28;14-13-17-8-11(16)12(19-13)18-10-5-3-9(4-6-10)2-1-7-15;10-7-1-2-8-3-5-9(6-4-8)11(12)13;10-7-1-2-8-3-5-9(11)6-4-8;2*10-8-4-7-9-5-2-1-3-6-9;7-5-1-3-6(4-2-5)11(8,9)10;5-3-2(7)1-8-4(6)9-3;1-3(5)7-4(2)6;2-1-3;;2-1-4-3/h3-10,12H,1-2,11H2,(H2,22,27,28)(H2,23,24,25,26);3-6,8H,1-2,7H2,(H,17,18,19);3-6H,1-2,7H2;3-6H,1-2,7,11H2;1-3,5-6H,4,7-8H2;1-3,5-6,10H,4,7-8H2;1-4H,7H2,(H2,8,9,10);1H;1-2H3;1H2;1H4;1-3H. The zero-order chi connectivity index (χ0) is 94.1. The number of aryl methyl sites for hydroxylation is 6. The number of nitrogen functional groups attached to an aromatic ring is 2. The number of sulfonamides is 2.